The van der Waals surface area contributed by atoms with Crippen molar-refractivity contribution >= 4 is 22.4 Å². The minimum Gasteiger partial charge on any atom is -0.493 e. The maximum absolute atomic E-state index is 6.29. The summed E-state index contributed by atoms with van der Waals surface area (Å²) in [7, 11) is 1.64. The van der Waals surface area contributed by atoms with Crippen molar-refractivity contribution in [3.05, 3.63) is 48.3 Å². The normalized spacial score (nSPS) is 18.8. The Bertz CT molecular complexity index is 1050. The summed E-state index contributed by atoms with van der Waals surface area (Å²) in [4.78, 5) is 8.81. The summed E-state index contributed by atoms with van der Waals surface area (Å²) in [5.41, 5.74) is 8.45. The predicted molar refractivity (Wildman–Crippen MR) is 115 cm³/mol. The molecule has 1 aromatic heterocycles. The number of hydrogen-bond donors (Lipinski definition) is 2. The van der Waals surface area contributed by atoms with E-state index >= 15 is 0 Å². The second kappa shape index (κ2) is 8.38. The van der Waals surface area contributed by atoms with E-state index in [2.05, 4.69) is 21.2 Å². The number of benzene rings is 2. The molecule has 4 rings (SSSR count). The van der Waals surface area contributed by atoms with Crippen LogP contribution in [0.15, 0.2) is 42.7 Å². The molecule has 0 atom stereocenters. The first-order valence-corrected chi connectivity index (χ1v) is 9.75. The van der Waals surface area contributed by atoms with Gasteiger partial charge in [0, 0.05) is 28.7 Å². The number of nitrogens with one attached hydrogen (secondary N) is 1. The number of aromatic nitrogens is 2. The highest BCUT2D eigenvalue weighted by atomic mass is 16.5. The molecule has 0 spiro atoms. The van der Waals surface area contributed by atoms with E-state index in [1.807, 2.05) is 36.4 Å². The van der Waals surface area contributed by atoms with Gasteiger partial charge in [-0.3, -0.25) is 0 Å². The van der Waals surface area contributed by atoms with Crippen LogP contribution in [0.1, 0.15) is 31.2 Å². The zero-order valence-electron chi connectivity index (χ0n) is 16.4. The molecule has 1 heterocycles. The zero-order valence-corrected chi connectivity index (χ0v) is 16.4. The molecule has 29 heavy (non-hydrogen) atoms. The molecule has 0 unspecified atom stereocenters. The topological polar surface area (TPSA) is 82.3 Å². The molecule has 6 nitrogen and oxygen atoms in total. The second-order valence-corrected chi connectivity index (χ2v) is 7.25. The van der Waals surface area contributed by atoms with Crippen LogP contribution >= 0.6 is 0 Å². The zero-order chi connectivity index (χ0) is 20.2. The van der Waals surface area contributed by atoms with Gasteiger partial charge in [-0.2, -0.15) is 0 Å². The highest BCUT2D eigenvalue weighted by Gasteiger charge is 2.22. The van der Waals surface area contributed by atoms with E-state index in [0.29, 0.717) is 17.3 Å². The maximum Gasteiger partial charge on any atom is 0.162 e. The van der Waals surface area contributed by atoms with E-state index in [0.717, 1.165) is 47.8 Å². The molecule has 3 N–H and O–H groups in total. The van der Waals surface area contributed by atoms with Gasteiger partial charge in [-0.15, -0.1) is 6.42 Å². The Labute approximate surface area is 170 Å². The molecule has 6 heteroatoms. The Kier molecular flexibility index (Phi) is 5.50. The average Bonchev–Trinajstić information content (AvgIpc) is 2.75. The van der Waals surface area contributed by atoms with Crippen molar-refractivity contribution in [3.8, 4) is 23.8 Å². The van der Waals surface area contributed by atoms with Crippen LogP contribution in [0.2, 0.25) is 0 Å². The van der Waals surface area contributed by atoms with Gasteiger partial charge in [-0.1, -0.05) is 12.0 Å². The van der Waals surface area contributed by atoms with Crippen LogP contribution in [-0.2, 0) is 0 Å². The van der Waals surface area contributed by atoms with Crippen LogP contribution in [0.4, 0.5) is 11.5 Å². The predicted octanol–water partition coefficient (Wildman–Crippen LogP) is 4.01. The molecule has 3 aromatic rings. The molecule has 0 radical (unpaired) electrons. The van der Waals surface area contributed by atoms with Gasteiger partial charge < -0.3 is 20.5 Å². The Morgan fingerprint density at radius 3 is 2.69 bits per heavy atom. The Morgan fingerprint density at radius 2 is 1.93 bits per heavy atom. The number of nitrogens with two attached hydrogens (primary N) is 1. The lowest BCUT2D eigenvalue weighted by Crippen LogP contribution is -2.31. The smallest absolute Gasteiger partial charge is 0.162 e. The number of methoxy groups -OCH3 is 1. The maximum atomic E-state index is 6.29. The van der Waals surface area contributed by atoms with E-state index in [1.165, 1.54) is 6.33 Å². The van der Waals surface area contributed by atoms with Crippen molar-refractivity contribution in [2.24, 2.45) is 5.73 Å². The second-order valence-electron chi connectivity index (χ2n) is 7.25. The van der Waals surface area contributed by atoms with Crippen LogP contribution < -0.4 is 20.5 Å². The number of hydrogen-bond acceptors (Lipinski definition) is 6. The summed E-state index contributed by atoms with van der Waals surface area (Å²) in [6.07, 6.45) is 11.0. The van der Waals surface area contributed by atoms with E-state index in [1.54, 1.807) is 7.11 Å². The van der Waals surface area contributed by atoms with Crippen molar-refractivity contribution in [3.63, 3.8) is 0 Å². The summed E-state index contributed by atoms with van der Waals surface area (Å²) in [6.45, 7) is 0. The van der Waals surface area contributed by atoms with Gasteiger partial charge in [0.05, 0.1) is 18.7 Å². The van der Waals surface area contributed by atoms with Gasteiger partial charge in [0.1, 0.15) is 12.1 Å². The quantitative estimate of drug-likeness (QED) is 0.643. The summed E-state index contributed by atoms with van der Waals surface area (Å²) in [6, 6.07) is 11.7. The highest BCUT2D eigenvalue weighted by Crippen LogP contribution is 2.36. The van der Waals surface area contributed by atoms with Crippen molar-refractivity contribution in [2.75, 3.05) is 12.4 Å². The van der Waals surface area contributed by atoms with E-state index in [4.69, 9.17) is 21.6 Å². The lowest BCUT2D eigenvalue weighted by atomic mass is 9.94. The molecular formula is C23H24N4O2. The van der Waals surface area contributed by atoms with Crippen molar-refractivity contribution in [1.29, 1.82) is 0 Å². The fourth-order valence-electron chi connectivity index (χ4n) is 3.62. The van der Waals surface area contributed by atoms with E-state index in [-0.39, 0.29) is 12.1 Å². The van der Waals surface area contributed by atoms with Gasteiger partial charge in [0.15, 0.2) is 11.5 Å². The van der Waals surface area contributed by atoms with Crippen LogP contribution in [0.5, 0.6) is 11.5 Å². The van der Waals surface area contributed by atoms with Crippen molar-refractivity contribution < 1.29 is 9.47 Å². The lowest BCUT2D eigenvalue weighted by molar-refractivity contribution is 0.142. The molecule has 1 saturated carbocycles. The van der Waals surface area contributed by atoms with Gasteiger partial charge in [0.2, 0.25) is 0 Å². The van der Waals surface area contributed by atoms with Gasteiger partial charge in [0.25, 0.3) is 0 Å². The van der Waals surface area contributed by atoms with E-state index in [9.17, 15) is 0 Å². The SMILES string of the molecule is C#Cc1cccc(Nc2ncnc3cc(OC)c(O[C@H]4CC[C@@H](N)CC4)cc23)c1. The summed E-state index contributed by atoms with van der Waals surface area (Å²) < 4.78 is 11.8. The summed E-state index contributed by atoms with van der Waals surface area (Å²) in [5, 5.41) is 4.19. The third-order valence-corrected chi connectivity index (χ3v) is 5.23. The van der Waals surface area contributed by atoms with Crippen LogP contribution in [0.25, 0.3) is 10.9 Å². The number of fused-ring (bicyclic) bond motifs is 1. The molecular weight excluding hydrogens is 364 g/mol. The first kappa shape index (κ1) is 19.0. The van der Waals surface area contributed by atoms with Gasteiger partial charge >= 0.3 is 0 Å². The summed E-state index contributed by atoms with van der Waals surface area (Å²) >= 11 is 0. The van der Waals surface area contributed by atoms with Crippen LogP contribution in [0.3, 0.4) is 0 Å². The third kappa shape index (κ3) is 4.25. The Hall–Kier alpha value is -3.30. The van der Waals surface area contributed by atoms with Crippen molar-refractivity contribution in [1.82, 2.24) is 9.97 Å². The molecule has 1 aliphatic rings. The largest absolute Gasteiger partial charge is 0.493 e. The number of ether oxygens (including phenoxy) is 2. The Morgan fingerprint density at radius 1 is 1.10 bits per heavy atom. The number of anilines is 2. The third-order valence-electron chi connectivity index (χ3n) is 5.23. The standard InChI is InChI=1S/C23H24N4O2/c1-3-15-5-4-6-17(11-15)27-23-19-12-22(29-18-9-7-16(24)8-10-18)21(28-2)13-20(19)25-14-26-23/h1,4-6,11-14,16,18H,7-10,24H2,2H3,(H,25,26,27)/t16-,18+. The molecule has 0 amide bonds. The van der Waals surface area contributed by atoms with E-state index < -0.39 is 0 Å². The first-order chi connectivity index (χ1) is 14.2. The average molecular weight is 388 g/mol. The first-order valence-electron chi connectivity index (χ1n) is 9.75. The van der Waals surface area contributed by atoms with Gasteiger partial charge in [-0.05, 0) is 49.9 Å². The fraction of sp³-hybridized carbons (Fsp3) is 0.304. The minimum absolute atomic E-state index is 0.134. The minimum atomic E-state index is 0.134. The van der Waals surface area contributed by atoms with Crippen LogP contribution in [-0.4, -0.2) is 29.2 Å². The Balaban J connectivity index is 1.68. The molecule has 1 fully saturated rings. The highest BCUT2D eigenvalue weighted by molar-refractivity contribution is 5.93. The number of nitrogens with zero attached hydrogens (tertiary/aromatic N) is 2. The van der Waals surface area contributed by atoms with Crippen LogP contribution in [0, 0.1) is 12.3 Å². The fourth-order valence-corrected chi connectivity index (χ4v) is 3.62. The lowest BCUT2D eigenvalue weighted by Gasteiger charge is -2.27. The van der Waals surface area contributed by atoms with Gasteiger partial charge in [-0.25, -0.2) is 9.97 Å². The van der Waals surface area contributed by atoms with Crippen molar-refractivity contribution in [2.45, 2.75) is 37.8 Å². The number of terminal acetylenes is 1. The number of rotatable bonds is 5. The molecule has 2 aromatic carbocycles. The summed E-state index contributed by atoms with van der Waals surface area (Å²) in [5.74, 6) is 4.68. The molecule has 0 bridgehead atoms. The molecule has 0 saturated heterocycles. The molecule has 0 aliphatic heterocycles. The molecule has 148 valence electrons. The monoisotopic (exact) mass is 388 g/mol. The molecule has 1 aliphatic carbocycles.